The average molecular weight is 385 g/mol. The fourth-order valence-electron chi connectivity index (χ4n) is 3.47. The normalized spacial score (nSPS) is 16.8. The summed E-state index contributed by atoms with van der Waals surface area (Å²) < 4.78 is 29.2. The molecule has 1 fully saturated rings. The summed E-state index contributed by atoms with van der Waals surface area (Å²) in [5.74, 6) is 0. The van der Waals surface area contributed by atoms with Crippen molar-refractivity contribution in [3.8, 4) is 0 Å². The van der Waals surface area contributed by atoms with E-state index in [0.717, 1.165) is 29.7 Å². The molecule has 2 aromatic heterocycles. The molecule has 0 radical (unpaired) electrons. The number of nitrogens with zero attached hydrogens (tertiary/aromatic N) is 4. The number of fused-ring (bicyclic) bond motifs is 1. The summed E-state index contributed by atoms with van der Waals surface area (Å²) in [6, 6.07) is 15.3. The topological polar surface area (TPSA) is 57.9 Å². The first-order valence-electron chi connectivity index (χ1n) is 9.31. The van der Waals surface area contributed by atoms with Crippen molar-refractivity contribution in [3.05, 3.63) is 66.0 Å². The zero-order valence-electron chi connectivity index (χ0n) is 15.5. The molecule has 6 nitrogen and oxygen atoms in total. The van der Waals surface area contributed by atoms with Crippen molar-refractivity contribution in [2.75, 3.05) is 26.2 Å². The molecule has 1 aliphatic heterocycles. The first kappa shape index (κ1) is 18.2. The van der Waals surface area contributed by atoms with Crippen LogP contribution in [0, 0.1) is 0 Å². The molecule has 0 spiro atoms. The van der Waals surface area contributed by atoms with Gasteiger partial charge in [0.2, 0.25) is 10.0 Å². The van der Waals surface area contributed by atoms with Crippen molar-refractivity contribution in [1.82, 2.24) is 18.8 Å². The third-order valence-corrected chi connectivity index (χ3v) is 7.02. The molecular formula is C20H24N4O2S. The summed E-state index contributed by atoms with van der Waals surface area (Å²) in [6.45, 7) is 5.23. The Hall–Kier alpha value is -2.22. The van der Waals surface area contributed by atoms with Crippen molar-refractivity contribution in [1.29, 1.82) is 0 Å². The molecule has 7 heteroatoms. The van der Waals surface area contributed by atoms with Crippen LogP contribution in [0.1, 0.15) is 18.2 Å². The zero-order chi connectivity index (χ0) is 18.9. The van der Waals surface area contributed by atoms with E-state index >= 15 is 0 Å². The minimum atomic E-state index is -3.42. The molecule has 0 N–H and O–H groups in total. The van der Waals surface area contributed by atoms with Crippen molar-refractivity contribution in [2.45, 2.75) is 24.8 Å². The number of hydrogen-bond acceptors (Lipinski definition) is 4. The highest BCUT2D eigenvalue weighted by molar-refractivity contribution is 7.89. The molecule has 3 heterocycles. The number of aryl methyl sites for hydroxylation is 1. The second-order valence-electron chi connectivity index (χ2n) is 6.88. The first-order chi connectivity index (χ1) is 13.1. The minimum Gasteiger partial charge on any atom is -0.295 e. The van der Waals surface area contributed by atoms with E-state index in [9.17, 15) is 8.42 Å². The van der Waals surface area contributed by atoms with Gasteiger partial charge in [0.15, 0.2) is 0 Å². The molecule has 0 saturated carbocycles. The van der Waals surface area contributed by atoms with E-state index in [0.29, 0.717) is 31.1 Å². The predicted octanol–water partition coefficient (Wildman–Crippen LogP) is 2.40. The van der Waals surface area contributed by atoms with Crippen LogP contribution in [-0.2, 0) is 23.0 Å². The molecule has 3 aromatic rings. The highest BCUT2D eigenvalue weighted by Crippen LogP contribution is 2.19. The van der Waals surface area contributed by atoms with E-state index in [2.05, 4.69) is 23.0 Å². The van der Waals surface area contributed by atoms with Crippen LogP contribution in [0.25, 0.3) is 5.52 Å². The Morgan fingerprint density at radius 2 is 1.74 bits per heavy atom. The zero-order valence-corrected chi connectivity index (χ0v) is 16.3. The summed E-state index contributed by atoms with van der Waals surface area (Å²) in [6.07, 6.45) is 2.84. The predicted molar refractivity (Wildman–Crippen MR) is 105 cm³/mol. The summed E-state index contributed by atoms with van der Waals surface area (Å²) in [4.78, 5) is 2.64. The average Bonchev–Trinajstić information content (AvgIpc) is 3.10. The van der Waals surface area contributed by atoms with Gasteiger partial charge >= 0.3 is 0 Å². The van der Waals surface area contributed by atoms with Crippen molar-refractivity contribution in [2.24, 2.45) is 0 Å². The SMILES string of the molecule is CCc1ccc(S(=O)(=O)N2CCN(Cc3cc4ccccn4n3)CC2)cc1. The Morgan fingerprint density at radius 3 is 2.41 bits per heavy atom. The van der Waals surface area contributed by atoms with Gasteiger partial charge in [-0.2, -0.15) is 9.40 Å². The highest BCUT2D eigenvalue weighted by atomic mass is 32.2. The van der Waals surface area contributed by atoms with E-state index in [-0.39, 0.29) is 0 Å². The van der Waals surface area contributed by atoms with E-state index in [1.807, 2.05) is 41.0 Å². The molecule has 1 aliphatic rings. The molecule has 0 bridgehead atoms. The standard InChI is InChI=1S/C20H24N4O2S/c1-2-17-6-8-20(9-7-17)27(25,26)23-13-11-22(12-14-23)16-18-15-19-5-3-4-10-24(19)21-18/h3-10,15H,2,11-14,16H2,1H3. The maximum absolute atomic E-state index is 12.9. The van der Waals surface area contributed by atoms with Gasteiger partial charge in [-0.1, -0.05) is 25.1 Å². The lowest BCUT2D eigenvalue weighted by Gasteiger charge is -2.33. The van der Waals surface area contributed by atoms with Crippen LogP contribution in [0.5, 0.6) is 0 Å². The van der Waals surface area contributed by atoms with Gasteiger partial charge in [-0.3, -0.25) is 4.90 Å². The molecule has 0 aliphatic carbocycles. The molecule has 142 valence electrons. The lowest BCUT2D eigenvalue weighted by atomic mass is 10.2. The van der Waals surface area contributed by atoms with E-state index in [4.69, 9.17) is 0 Å². The number of aromatic nitrogens is 2. The van der Waals surface area contributed by atoms with Crippen LogP contribution in [0.2, 0.25) is 0 Å². The summed E-state index contributed by atoms with van der Waals surface area (Å²) in [7, 11) is -3.42. The monoisotopic (exact) mass is 384 g/mol. The van der Waals surface area contributed by atoms with Gasteiger partial charge in [0.25, 0.3) is 0 Å². The molecule has 27 heavy (non-hydrogen) atoms. The lowest BCUT2D eigenvalue weighted by molar-refractivity contribution is 0.180. The van der Waals surface area contributed by atoms with Gasteiger partial charge in [0.05, 0.1) is 16.1 Å². The Morgan fingerprint density at radius 1 is 1.00 bits per heavy atom. The molecule has 1 aromatic carbocycles. The van der Waals surface area contributed by atoms with Crippen LogP contribution in [-0.4, -0.2) is 53.4 Å². The lowest BCUT2D eigenvalue weighted by Crippen LogP contribution is -2.48. The molecule has 0 unspecified atom stereocenters. The van der Waals surface area contributed by atoms with Crippen LogP contribution < -0.4 is 0 Å². The van der Waals surface area contributed by atoms with Gasteiger partial charge in [0.1, 0.15) is 0 Å². The number of piperazine rings is 1. The number of benzene rings is 1. The summed E-state index contributed by atoms with van der Waals surface area (Å²) in [5.41, 5.74) is 3.23. The second-order valence-corrected chi connectivity index (χ2v) is 8.82. The number of pyridine rings is 1. The number of hydrogen-bond donors (Lipinski definition) is 0. The molecule has 0 atom stereocenters. The van der Waals surface area contributed by atoms with Gasteiger partial charge in [-0.15, -0.1) is 0 Å². The van der Waals surface area contributed by atoms with Crippen LogP contribution in [0.15, 0.2) is 59.6 Å². The maximum Gasteiger partial charge on any atom is 0.243 e. The number of rotatable bonds is 5. The minimum absolute atomic E-state index is 0.383. The first-order valence-corrected chi connectivity index (χ1v) is 10.7. The number of sulfonamides is 1. The Balaban J connectivity index is 1.40. The largest absolute Gasteiger partial charge is 0.295 e. The van der Waals surface area contributed by atoms with Crippen molar-refractivity contribution in [3.63, 3.8) is 0 Å². The van der Waals surface area contributed by atoms with Crippen LogP contribution >= 0.6 is 0 Å². The highest BCUT2D eigenvalue weighted by Gasteiger charge is 2.28. The Bertz CT molecular complexity index is 987. The van der Waals surface area contributed by atoms with Crippen molar-refractivity contribution >= 4 is 15.5 Å². The second kappa shape index (κ2) is 7.42. The van der Waals surface area contributed by atoms with Crippen LogP contribution in [0.4, 0.5) is 0 Å². The van der Waals surface area contributed by atoms with E-state index in [1.165, 1.54) is 0 Å². The van der Waals surface area contributed by atoms with E-state index < -0.39 is 10.0 Å². The molecule has 1 saturated heterocycles. The maximum atomic E-state index is 12.9. The molecular weight excluding hydrogens is 360 g/mol. The summed E-state index contributed by atoms with van der Waals surface area (Å²) in [5, 5.41) is 4.58. The van der Waals surface area contributed by atoms with Crippen LogP contribution in [0.3, 0.4) is 0 Å². The molecule has 0 amide bonds. The van der Waals surface area contributed by atoms with Gasteiger partial charge in [0, 0.05) is 38.9 Å². The third-order valence-electron chi connectivity index (χ3n) is 5.11. The van der Waals surface area contributed by atoms with Gasteiger partial charge in [-0.25, -0.2) is 12.9 Å². The van der Waals surface area contributed by atoms with Gasteiger partial charge < -0.3 is 0 Å². The van der Waals surface area contributed by atoms with Gasteiger partial charge in [-0.05, 0) is 42.3 Å². The summed E-state index contributed by atoms with van der Waals surface area (Å²) >= 11 is 0. The fourth-order valence-corrected chi connectivity index (χ4v) is 4.89. The molecule has 4 rings (SSSR count). The quantitative estimate of drug-likeness (QED) is 0.678. The van der Waals surface area contributed by atoms with E-state index in [1.54, 1.807) is 16.4 Å². The Kier molecular flexibility index (Phi) is 4.99. The fraction of sp³-hybridized carbons (Fsp3) is 0.350. The Labute approximate surface area is 160 Å². The smallest absolute Gasteiger partial charge is 0.243 e. The van der Waals surface area contributed by atoms with Crippen molar-refractivity contribution < 1.29 is 8.42 Å². The third kappa shape index (κ3) is 3.76.